The van der Waals surface area contributed by atoms with Crippen LogP contribution in [0.1, 0.15) is 34.1 Å². The predicted molar refractivity (Wildman–Crippen MR) is 67.2 cm³/mol. The van der Waals surface area contributed by atoms with Gasteiger partial charge in [0.2, 0.25) is 5.91 Å². The number of rotatable bonds is 2. The summed E-state index contributed by atoms with van der Waals surface area (Å²) in [5, 5.41) is 2.77. The van der Waals surface area contributed by atoms with Gasteiger partial charge in [0, 0.05) is 0 Å². The molecular weight excluding hydrogens is 240 g/mol. The molecule has 1 aliphatic heterocycles. The molecule has 1 heterocycles. The van der Waals surface area contributed by atoms with Crippen LogP contribution in [0.3, 0.4) is 0 Å². The molecule has 0 aromatic carbocycles. The molecule has 100 valence electrons. The topological polar surface area (TPSA) is 89.3 Å². The van der Waals surface area contributed by atoms with Gasteiger partial charge >= 0.3 is 0 Å². The quantitative estimate of drug-likeness (QED) is 0.736. The van der Waals surface area contributed by atoms with Crippen molar-refractivity contribution in [1.29, 1.82) is 0 Å². The Morgan fingerprint density at radius 2 is 1.94 bits per heavy atom. The molecule has 0 saturated carbocycles. The van der Waals surface area contributed by atoms with Gasteiger partial charge in [-0.3, -0.25) is 4.79 Å². The van der Waals surface area contributed by atoms with E-state index in [1.807, 2.05) is 20.8 Å². The summed E-state index contributed by atoms with van der Waals surface area (Å²) >= 11 is 0. The van der Waals surface area contributed by atoms with E-state index in [9.17, 15) is 13.2 Å². The molecule has 3 N–H and O–H groups in total. The summed E-state index contributed by atoms with van der Waals surface area (Å²) in [5.41, 5.74) is 4.83. The fourth-order valence-electron chi connectivity index (χ4n) is 1.88. The van der Waals surface area contributed by atoms with Gasteiger partial charge in [0.1, 0.15) is 0 Å². The van der Waals surface area contributed by atoms with E-state index in [0.717, 1.165) is 0 Å². The molecule has 6 heteroatoms. The monoisotopic (exact) mass is 262 g/mol. The third-order valence-electron chi connectivity index (χ3n) is 3.14. The third kappa shape index (κ3) is 3.67. The standard InChI is InChI=1S/C11H22N2O3S/c1-10(2,3)8(12)9(14)13-11(4)5-6-17(15,16)7-11/h8H,5-7,12H2,1-4H3,(H,13,14)/t8-,11?/m0/s1. The highest BCUT2D eigenvalue weighted by molar-refractivity contribution is 7.91. The Hall–Kier alpha value is -0.620. The smallest absolute Gasteiger partial charge is 0.237 e. The number of hydrogen-bond donors (Lipinski definition) is 2. The summed E-state index contributed by atoms with van der Waals surface area (Å²) in [5.74, 6) is -0.144. The summed E-state index contributed by atoms with van der Waals surface area (Å²) < 4.78 is 22.8. The van der Waals surface area contributed by atoms with Crippen LogP contribution in [0.15, 0.2) is 0 Å². The van der Waals surface area contributed by atoms with Gasteiger partial charge in [-0.1, -0.05) is 20.8 Å². The van der Waals surface area contributed by atoms with Crippen LogP contribution in [-0.2, 0) is 14.6 Å². The zero-order chi connectivity index (χ0) is 13.5. The number of amides is 1. The van der Waals surface area contributed by atoms with Crippen LogP contribution in [0, 0.1) is 5.41 Å². The van der Waals surface area contributed by atoms with Gasteiger partial charge in [-0.05, 0) is 18.8 Å². The van der Waals surface area contributed by atoms with E-state index in [1.54, 1.807) is 6.92 Å². The van der Waals surface area contributed by atoms with E-state index in [4.69, 9.17) is 5.73 Å². The summed E-state index contributed by atoms with van der Waals surface area (Å²) in [6.07, 6.45) is 0.456. The van der Waals surface area contributed by atoms with E-state index in [1.165, 1.54) is 0 Å². The van der Waals surface area contributed by atoms with Gasteiger partial charge in [-0.15, -0.1) is 0 Å². The number of nitrogens with one attached hydrogen (secondary N) is 1. The molecule has 0 spiro atoms. The molecule has 1 unspecified atom stereocenters. The van der Waals surface area contributed by atoms with Gasteiger partial charge in [0.15, 0.2) is 9.84 Å². The lowest BCUT2D eigenvalue weighted by Crippen LogP contribution is -2.56. The van der Waals surface area contributed by atoms with Crippen molar-refractivity contribution in [2.75, 3.05) is 11.5 Å². The van der Waals surface area contributed by atoms with Gasteiger partial charge in [-0.25, -0.2) is 8.42 Å². The van der Waals surface area contributed by atoms with Crippen LogP contribution in [0.25, 0.3) is 0 Å². The molecule has 0 aromatic rings. The highest BCUT2D eigenvalue weighted by atomic mass is 32.2. The lowest BCUT2D eigenvalue weighted by Gasteiger charge is -2.31. The molecule has 0 radical (unpaired) electrons. The molecule has 17 heavy (non-hydrogen) atoms. The fraction of sp³-hybridized carbons (Fsp3) is 0.909. The van der Waals surface area contributed by atoms with Crippen LogP contribution in [0.4, 0.5) is 0 Å². The highest BCUT2D eigenvalue weighted by Crippen LogP contribution is 2.24. The average Bonchev–Trinajstić information content (AvgIpc) is 2.37. The van der Waals surface area contributed by atoms with Crippen LogP contribution in [-0.4, -0.2) is 37.4 Å². The zero-order valence-corrected chi connectivity index (χ0v) is 11.7. The number of carbonyl (C=O) groups is 1. The first kappa shape index (κ1) is 14.4. The van der Waals surface area contributed by atoms with E-state index < -0.39 is 21.4 Å². The maximum absolute atomic E-state index is 11.9. The molecule has 1 amide bonds. The Kier molecular flexibility index (Phi) is 3.60. The van der Waals surface area contributed by atoms with E-state index in [-0.39, 0.29) is 22.8 Å². The summed E-state index contributed by atoms with van der Waals surface area (Å²) in [6, 6.07) is -0.636. The number of nitrogens with two attached hydrogens (primary N) is 1. The van der Waals surface area contributed by atoms with E-state index in [2.05, 4.69) is 5.32 Å². The molecule has 2 atom stereocenters. The molecule has 1 rings (SSSR count). The number of carbonyl (C=O) groups excluding carboxylic acids is 1. The molecule has 1 aliphatic rings. The number of hydrogen-bond acceptors (Lipinski definition) is 4. The summed E-state index contributed by atoms with van der Waals surface area (Å²) in [6.45, 7) is 7.39. The Labute approximate surface area is 103 Å². The molecule has 0 aliphatic carbocycles. The van der Waals surface area contributed by atoms with Crippen molar-refractivity contribution in [2.45, 2.75) is 45.7 Å². The van der Waals surface area contributed by atoms with Crippen molar-refractivity contribution in [3.63, 3.8) is 0 Å². The largest absolute Gasteiger partial charge is 0.349 e. The summed E-state index contributed by atoms with van der Waals surface area (Å²) in [4.78, 5) is 11.9. The third-order valence-corrected chi connectivity index (χ3v) is 5.05. The Morgan fingerprint density at radius 1 is 1.41 bits per heavy atom. The normalized spacial score (nSPS) is 29.9. The van der Waals surface area contributed by atoms with Crippen molar-refractivity contribution in [2.24, 2.45) is 11.1 Å². The van der Waals surface area contributed by atoms with Gasteiger partial charge in [0.25, 0.3) is 0 Å². The lowest BCUT2D eigenvalue weighted by molar-refractivity contribution is -0.126. The van der Waals surface area contributed by atoms with Crippen LogP contribution in [0.5, 0.6) is 0 Å². The maximum atomic E-state index is 11.9. The van der Waals surface area contributed by atoms with Crippen molar-refractivity contribution in [3.8, 4) is 0 Å². The second-order valence-electron chi connectivity index (χ2n) is 6.24. The second-order valence-corrected chi connectivity index (χ2v) is 8.42. The Balaban J connectivity index is 2.71. The van der Waals surface area contributed by atoms with Crippen molar-refractivity contribution >= 4 is 15.7 Å². The van der Waals surface area contributed by atoms with Crippen LogP contribution < -0.4 is 11.1 Å². The molecule has 1 fully saturated rings. The minimum absolute atomic E-state index is 0.00258. The molecule has 0 bridgehead atoms. The van der Waals surface area contributed by atoms with Crippen LogP contribution in [0.2, 0.25) is 0 Å². The average molecular weight is 262 g/mol. The molecular formula is C11H22N2O3S. The first-order valence-corrected chi connectivity index (χ1v) is 7.55. The van der Waals surface area contributed by atoms with Crippen molar-refractivity contribution < 1.29 is 13.2 Å². The fourth-order valence-corrected chi connectivity index (χ4v) is 3.97. The minimum Gasteiger partial charge on any atom is -0.349 e. The van der Waals surface area contributed by atoms with Crippen LogP contribution >= 0.6 is 0 Å². The van der Waals surface area contributed by atoms with Gasteiger partial charge < -0.3 is 11.1 Å². The lowest BCUT2D eigenvalue weighted by atomic mass is 9.86. The molecule has 0 aromatic heterocycles. The highest BCUT2D eigenvalue weighted by Gasteiger charge is 2.41. The van der Waals surface area contributed by atoms with E-state index in [0.29, 0.717) is 6.42 Å². The van der Waals surface area contributed by atoms with Crippen molar-refractivity contribution in [3.05, 3.63) is 0 Å². The first-order valence-electron chi connectivity index (χ1n) is 5.73. The van der Waals surface area contributed by atoms with Gasteiger partial charge in [-0.2, -0.15) is 0 Å². The summed E-state index contributed by atoms with van der Waals surface area (Å²) in [7, 11) is -3.02. The first-order chi connectivity index (χ1) is 7.45. The second kappa shape index (κ2) is 4.24. The minimum atomic E-state index is -3.02. The zero-order valence-electron chi connectivity index (χ0n) is 10.9. The predicted octanol–water partition coefficient (Wildman–Crippen LogP) is 0.0532. The maximum Gasteiger partial charge on any atom is 0.237 e. The number of sulfone groups is 1. The Bertz CT molecular complexity index is 411. The SMILES string of the molecule is CC1(NC(=O)[C@H](N)C(C)(C)C)CCS(=O)(=O)C1. The molecule has 5 nitrogen and oxygen atoms in total. The Morgan fingerprint density at radius 3 is 2.29 bits per heavy atom. The van der Waals surface area contributed by atoms with Crippen molar-refractivity contribution in [1.82, 2.24) is 5.32 Å². The molecule has 1 saturated heterocycles. The van der Waals surface area contributed by atoms with Gasteiger partial charge in [0.05, 0.1) is 23.1 Å². The van der Waals surface area contributed by atoms with E-state index >= 15 is 0 Å².